The van der Waals surface area contributed by atoms with Crippen molar-refractivity contribution in [1.82, 2.24) is 5.32 Å². The molecular formula is C14H20ClNO3. The lowest BCUT2D eigenvalue weighted by molar-refractivity contribution is -0.121. The van der Waals surface area contributed by atoms with Gasteiger partial charge in [0.25, 0.3) is 0 Å². The van der Waals surface area contributed by atoms with E-state index in [9.17, 15) is 9.90 Å². The number of rotatable bonds is 7. The summed E-state index contributed by atoms with van der Waals surface area (Å²) in [7, 11) is 1.58. The summed E-state index contributed by atoms with van der Waals surface area (Å²) < 4.78 is 4.91. The van der Waals surface area contributed by atoms with Crippen LogP contribution in [0.2, 0.25) is 5.02 Å². The molecule has 0 aliphatic carbocycles. The largest absolute Gasteiger partial charge is 0.388 e. The fraction of sp³-hybridized carbons (Fsp3) is 0.500. The molecule has 0 fully saturated rings. The number of nitrogens with one attached hydrogen (secondary N) is 1. The normalized spacial score (nSPS) is 13.9. The first kappa shape index (κ1) is 16.0. The van der Waals surface area contributed by atoms with Gasteiger partial charge in [-0.15, -0.1) is 0 Å². The molecule has 19 heavy (non-hydrogen) atoms. The van der Waals surface area contributed by atoms with Gasteiger partial charge in [-0.1, -0.05) is 29.8 Å². The fourth-order valence-corrected chi connectivity index (χ4v) is 1.78. The molecule has 106 valence electrons. The van der Waals surface area contributed by atoms with Crippen molar-refractivity contribution in [3.63, 3.8) is 0 Å². The van der Waals surface area contributed by atoms with Gasteiger partial charge in [0, 0.05) is 31.7 Å². The summed E-state index contributed by atoms with van der Waals surface area (Å²) in [5.74, 6) is -0.161. The van der Waals surface area contributed by atoms with E-state index in [1.807, 2.05) is 18.2 Å². The van der Waals surface area contributed by atoms with Gasteiger partial charge in [-0.3, -0.25) is 4.79 Å². The Morgan fingerprint density at radius 1 is 1.47 bits per heavy atom. The van der Waals surface area contributed by atoms with Gasteiger partial charge >= 0.3 is 0 Å². The van der Waals surface area contributed by atoms with Gasteiger partial charge in [0.05, 0.1) is 12.0 Å². The van der Waals surface area contributed by atoms with Crippen LogP contribution in [0.1, 0.15) is 18.9 Å². The molecule has 1 aromatic carbocycles. The van der Waals surface area contributed by atoms with Crippen LogP contribution >= 0.6 is 11.6 Å². The maximum atomic E-state index is 11.8. The van der Waals surface area contributed by atoms with E-state index in [1.165, 1.54) is 0 Å². The van der Waals surface area contributed by atoms with E-state index in [0.29, 0.717) is 18.1 Å². The Kier molecular flexibility index (Phi) is 6.28. The number of aliphatic hydroxyl groups is 1. The Morgan fingerprint density at radius 2 is 2.16 bits per heavy atom. The maximum Gasteiger partial charge on any atom is 0.224 e. The van der Waals surface area contributed by atoms with Crippen LogP contribution in [-0.2, 0) is 16.0 Å². The third-order valence-corrected chi connectivity index (χ3v) is 3.19. The lowest BCUT2D eigenvalue weighted by Crippen LogP contribution is -2.41. The Hall–Kier alpha value is -1.10. The lowest BCUT2D eigenvalue weighted by Gasteiger charge is -2.23. The van der Waals surface area contributed by atoms with Gasteiger partial charge in [-0.2, -0.15) is 0 Å². The summed E-state index contributed by atoms with van der Waals surface area (Å²) in [5.41, 5.74) is -0.190. The molecule has 0 aliphatic rings. The minimum absolute atomic E-state index is 0.161. The van der Waals surface area contributed by atoms with Crippen molar-refractivity contribution in [3.8, 4) is 0 Å². The van der Waals surface area contributed by atoms with Gasteiger partial charge in [0.2, 0.25) is 5.91 Å². The molecule has 0 spiro atoms. The van der Waals surface area contributed by atoms with Crippen molar-refractivity contribution in [2.75, 3.05) is 20.3 Å². The maximum absolute atomic E-state index is 11.8. The van der Waals surface area contributed by atoms with Gasteiger partial charge in [-0.05, 0) is 18.6 Å². The zero-order valence-electron chi connectivity index (χ0n) is 11.3. The summed E-state index contributed by atoms with van der Waals surface area (Å²) in [4.78, 5) is 11.8. The molecule has 1 unspecified atom stereocenters. The smallest absolute Gasteiger partial charge is 0.224 e. The highest BCUT2D eigenvalue weighted by Gasteiger charge is 2.20. The van der Waals surface area contributed by atoms with Crippen molar-refractivity contribution >= 4 is 17.5 Å². The van der Waals surface area contributed by atoms with E-state index in [4.69, 9.17) is 16.3 Å². The molecule has 5 heteroatoms. The first-order valence-electron chi connectivity index (χ1n) is 6.16. The highest BCUT2D eigenvalue weighted by Crippen LogP contribution is 2.15. The number of carbonyl (C=O) groups excluding carboxylic acids is 1. The van der Waals surface area contributed by atoms with E-state index in [-0.39, 0.29) is 18.9 Å². The van der Waals surface area contributed by atoms with Crippen molar-refractivity contribution in [1.29, 1.82) is 0 Å². The number of carbonyl (C=O) groups is 1. The van der Waals surface area contributed by atoms with Gasteiger partial charge in [0.1, 0.15) is 0 Å². The fourth-order valence-electron chi connectivity index (χ4n) is 1.58. The standard InChI is InChI=1S/C14H20ClNO3/c1-14(18,7-8-19-2)10-16-13(17)9-11-5-3-4-6-12(11)15/h3-6,18H,7-10H2,1-2H3,(H,16,17). The number of hydrogen-bond acceptors (Lipinski definition) is 3. The molecule has 0 radical (unpaired) electrons. The molecule has 0 saturated carbocycles. The number of ether oxygens (including phenoxy) is 1. The first-order chi connectivity index (χ1) is 8.94. The number of amides is 1. The predicted molar refractivity (Wildman–Crippen MR) is 75.3 cm³/mol. The van der Waals surface area contributed by atoms with Crippen LogP contribution in [0.25, 0.3) is 0 Å². The first-order valence-corrected chi connectivity index (χ1v) is 6.54. The van der Waals surface area contributed by atoms with Crippen LogP contribution in [0.15, 0.2) is 24.3 Å². The van der Waals surface area contributed by atoms with Crippen molar-refractivity contribution in [3.05, 3.63) is 34.9 Å². The van der Waals surface area contributed by atoms with Crippen LogP contribution < -0.4 is 5.32 Å². The minimum atomic E-state index is -0.966. The summed E-state index contributed by atoms with van der Waals surface area (Å²) in [6.07, 6.45) is 0.676. The zero-order chi connectivity index (χ0) is 14.3. The summed E-state index contributed by atoms with van der Waals surface area (Å²) in [6.45, 7) is 2.31. The second-order valence-corrected chi connectivity index (χ2v) is 5.19. The Balaban J connectivity index is 2.42. The second kappa shape index (κ2) is 7.48. The van der Waals surface area contributed by atoms with Gasteiger partial charge in [-0.25, -0.2) is 0 Å². The van der Waals surface area contributed by atoms with Crippen LogP contribution in [0.5, 0.6) is 0 Å². The summed E-state index contributed by atoms with van der Waals surface area (Å²) >= 11 is 5.98. The topological polar surface area (TPSA) is 58.6 Å². The van der Waals surface area contributed by atoms with E-state index in [2.05, 4.69) is 5.32 Å². The van der Waals surface area contributed by atoms with E-state index >= 15 is 0 Å². The highest BCUT2D eigenvalue weighted by molar-refractivity contribution is 6.31. The van der Waals surface area contributed by atoms with Crippen LogP contribution in [0.4, 0.5) is 0 Å². The third-order valence-electron chi connectivity index (χ3n) is 2.82. The van der Waals surface area contributed by atoms with Crippen molar-refractivity contribution in [2.24, 2.45) is 0 Å². The molecule has 0 saturated heterocycles. The molecule has 1 aromatic rings. The van der Waals surface area contributed by atoms with Crippen molar-refractivity contribution in [2.45, 2.75) is 25.4 Å². The van der Waals surface area contributed by atoms with E-state index < -0.39 is 5.60 Å². The number of benzene rings is 1. The zero-order valence-corrected chi connectivity index (χ0v) is 12.0. The molecule has 1 amide bonds. The van der Waals surface area contributed by atoms with Crippen LogP contribution in [-0.4, -0.2) is 36.9 Å². The monoisotopic (exact) mass is 285 g/mol. The Morgan fingerprint density at radius 3 is 2.79 bits per heavy atom. The molecule has 4 nitrogen and oxygen atoms in total. The average molecular weight is 286 g/mol. The summed E-state index contributed by atoms with van der Waals surface area (Å²) in [6, 6.07) is 7.21. The Bertz CT molecular complexity index is 421. The third kappa shape index (κ3) is 6.05. The minimum Gasteiger partial charge on any atom is -0.388 e. The number of methoxy groups -OCH3 is 1. The van der Waals surface area contributed by atoms with E-state index in [0.717, 1.165) is 5.56 Å². The molecule has 0 aliphatic heterocycles. The number of halogens is 1. The molecule has 0 heterocycles. The lowest BCUT2D eigenvalue weighted by atomic mass is 10.0. The van der Waals surface area contributed by atoms with Crippen LogP contribution in [0, 0.1) is 0 Å². The van der Waals surface area contributed by atoms with Crippen LogP contribution in [0.3, 0.4) is 0 Å². The number of hydrogen-bond donors (Lipinski definition) is 2. The van der Waals surface area contributed by atoms with Crippen molar-refractivity contribution < 1.29 is 14.6 Å². The molecular weight excluding hydrogens is 266 g/mol. The van der Waals surface area contributed by atoms with Gasteiger partial charge in [0.15, 0.2) is 0 Å². The molecule has 0 bridgehead atoms. The summed E-state index contributed by atoms with van der Waals surface area (Å²) in [5, 5.41) is 13.3. The molecule has 1 rings (SSSR count). The van der Waals surface area contributed by atoms with E-state index in [1.54, 1.807) is 20.1 Å². The predicted octanol–water partition coefficient (Wildman–Crippen LogP) is 1.79. The molecule has 1 atom stereocenters. The Labute approximate surface area is 118 Å². The SMILES string of the molecule is COCCC(C)(O)CNC(=O)Cc1ccccc1Cl. The molecule has 2 N–H and O–H groups in total. The molecule has 0 aromatic heterocycles. The quantitative estimate of drug-likeness (QED) is 0.803. The van der Waals surface area contributed by atoms with Gasteiger partial charge < -0.3 is 15.2 Å². The average Bonchev–Trinajstić information content (AvgIpc) is 2.37. The highest BCUT2D eigenvalue weighted by atomic mass is 35.5. The second-order valence-electron chi connectivity index (χ2n) is 4.78.